The van der Waals surface area contributed by atoms with Gasteiger partial charge < -0.3 is 52.3 Å². The van der Waals surface area contributed by atoms with E-state index in [-0.39, 0.29) is 0 Å². The number of amides is 2. The first-order valence-corrected chi connectivity index (χ1v) is 58.7. The Balaban J connectivity index is 0.000000307. The Morgan fingerprint density at radius 3 is 0.669 bits per heavy atom. The standard InChI is InChI=1S/2C48H86N2.C12H10N2O2.C12H14N2.C10H10N2/c2*1-5-7-9-11-13-15-17-19-21-23-25-27-29-31-33-35-43-49(3)47-41-37-40-46-45(47)39-38-42-48(46)50(4)44-36-34-32-30-28-26-24-22-20-18-16-14-12-10-8-6-2;15-7-13-11-5-1-3-9-10(11)4-2-6-12(9)14-8-16;1-13-11-7-3-6-10-9(11)5-4-8-12(10)14-2;11-9-5-1-3-7-8(9)4-2-6-10(7)12/h2*37-42H,5-36,43-44H2,1-4H3;1-8H,(H,13,15)(H,14,16);3-8,13-14H,1-2H3;1-6H,11-12H2/p+1. The predicted molar refractivity (Wildman–Crippen MR) is 636 cm³/mol. The molecule has 0 fully saturated rings. The number of nitrogens with two attached hydrogens (primary N) is 2. The van der Waals surface area contributed by atoms with Crippen molar-refractivity contribution < 1.29 is 14.5 Å². The van der Waals surface area contributed by atoms with Gasteiger partial charge in [-0.1, -0.05) is 522 Å². The molecule has 12 nitrogen and oxygen atoms in total. The van der Waals surface area contributed by atoms with Crippen molar-refractivity contribution in [3.05, 3.63) is 182 Å². The maximum Gasteiger partial charge on any atom is 0.211 e. The van der Waals surface area contributed by atoms with E-state index in [4.69, 9.17) is 11.5 Å². The second-order valence-corrected chi connectivity index (χ2v) is 41.6. The molecule has 0 radical (unpaired) electrons. The Morgan fingerprint density at radius 2 is 0.415 bits per heavy atom. The van der Waals surface area contributed by atoms with Crippen LogP contribution in [0.1, 0.15) is 439 Å². The van der Waals surface area contributed by atoms with E-state index < -0.39 is 0 Å². The average Bonchev–Trinajstić information content (AvgIpc) is 0.796. The normalized spacial score (nSPS) is 11.3. The second kappa shape index (κ2) is 81.2. The summed E-state index contributed by atoms with van der Waals surface area (Å²) in [6.45, 7) is 13.9. The number of nitrogens with one attached hydrogen (secondary N) is 5. The van der Waals surface area contributed by atoms with E-state index in [9.17, 15) is 9.59 Å². The topological polar surface area (TPSA) is 148 Å². The summed E-state index contributed by atoms with van der Waals surface area (Å²) < 4.78 is 0. The van der Waals surface area contributed by atoms with Gasteiger partial charge in [-0.05, 0) is 98.8 Å². The summed E-state index contributed by atoms with van der Waals surface area (Å²) in [5.74, 6) is 0. The average molecular weight is 1940 g/mol. The predicted octanol–water partition coefficient (Wildman–Crippen LogP) is 38.1. The molecule has 12 heteroatoms. The minimum atomic E-state index is 0.634. The number of carbonyl (C=O) groups excluding carboxylic acids is 2. The molecule has 0 aliphatic heterocycles. The number of benzene rings is 10. The minimum Gasteiger partial charge on any atom is -0.398 e. The summed E-state index contributed by atoms with van der Waals surface area (Å²) in [7, 11) is 13.2. The zero-order valence-corrected chi connectivity index (χ0v) is 92.4. The number of fused-ring (bicyclic) bond motifs is 5. The molecular weight excluding hydrogens is 1730 g/mol. The molecule has 10 aromatic rings. The van der Waals surface area contributed by atoms with E-state index in [1.807, 2.05) is 74.8 Å². The van der Waals surface area contributed by atoms with Gasteiger partial charge in [-0.3, -0.25) is 9.59 Å². The lowest BCUT2D eigenvalue weighted by molar-refractivity contribution is -0.809. The van der Waals surface area contributed by atoms with Gasteiger partial charge in [-0.2, -0.15) is 0 Å². The molecule has 0 saturated carbocycles. The van der Waals surface area contributed by atoms with Gasteiger partial charge in [-0.15, -0.1) is 0 Å². The lowest BCUT2D eigenvalue weighted by atomic mass is 10.0. The maximum absolute atomic E-state index is 10.4. The van der Waals surface area contributed by atoms with Gasteiger partial charge in [0, 0.05) is 160 Å². The molecule has 10 rings (SSSR count). The molecule has 0 aliphatic carbocycles. The van der Waals surface area contributed by atoms with Crippen molar-refractivity contribution in [3.63, 3.8) is 0 Å². The van der Waals surface area contributed by atoms with Crippen LogP contribution in [0.4, 0.5) is 56.9 Å². The minimum absolute atomic E-state index is 0.634. The van der Waals surface area contributed by atoms with Gasteiger partial charge in [0.15, 0.2) is 0 Å². The van der Waals surface area contributed by atoms with Gasteiger partial charge in [0.05, 0.1) is 13.6 Å². The first-order chi connectivity index (χ1) is 69.9. The SMILES string of the molecule is CCCCCCCCCCCCCCCCCCN(C)c1cccc2c(N(C)CCCCCCCCCCCCCCCCCC)cccc12.CCCCCCCCCCCCCCCCCCN(C)c1cccc2c([NH+](C)CCCCCCCCCCCCCCCCCC)cccc12.CNc1cccc2c(NC)cccc12.Nc1cccc2c(N)cccc12.O=CNc1cccc2c(NC=O)cccc12. The summed E-state index contributed by atoms with van der Waals surface area (Å²) >= 11 is 0. The molecular formula is C130H207N10O2+. The van der Waals surface area contributed by atoms with Crippen LogP contribution in [0.5, 0.6) is 0 Å². The molecule has 0 spiro atoms. The van der Waals surface area contributed by atoms with Crippen molar-refractivity contribution in [2.45, 2.75) is 439 Å². The molecule has 0 aliphatic rings. The summed E-state index contributed by atoms with van der Waals surface area (Å²) in [6.07, 6.45) is 92.8. The molecule has 10 aromatic carbocycles. The number of hydrogen-bond acceptors (Lipinski definition) is 9. The lowest BCUT2D eigenvalue weighted by Gasteiger charge is -2.25. The van der Waals surface area contributed by atoms with Gasteiger partial charge in [0.25, 0.3) is 0 Å². The van der Waals surface area contributed by atoms with Crippen LogP contribution in [0.3, 0.4) is 0 Å². The monoisotopic (exact) mass is 1940 g/mol. The zero-order chi connectivity index (χ0) is 101. The number of unbranched alkanes of at least 4 members (excludes halogenated alkanes) is 60. The van der Waals surface area contributed by atoms with E-state index in [2.05, 4.69) is 201 Å². The fraction of sp³-hybridized carbons (Fsp3) is 0.600. The molecule has 0 bridgehead atoms. The smallest absolute Gasteiger partial charge is 0.211 e. The molecule has 1 atom stereocenters. The van der Waals surface area contributed by atoms with Crippen molar-refractivity contribution in [1.82, 2.24) is 0 Å². The van der Waals surface area contributed by atoms with Crippen molar-refractivity contribution >= 4 is 124 Å². The van der Waals surface area contributed by atoms with Crippen molar-refractivity contribution in [2.24, 2.45) is 0 Å². The molecule has 142 heavy (non-hydrogen) atoms. The Bertz CT molecular complexity index is 4330. The molecule has 788 valence electrons. The zero-order valence-electron chi connectivity index (χ0n) is 92.4. The van der Waals surface area contributed by atoms with E-state index in [0.717, 1.165) is 63.9 Å². The highest BCUT2D eigenvalue weighted by Crippen LogP contribution is 2.37. The van der Waals surface area contributed by atoms with Crippen molar-refractivity contribution in [2.75, 3.05) is 116 Å². The fourth-order valence-corrected chi connectivity index (χ4v) is 20.9. The Labute approximate surface area is 869 Å². The molecule has 1 unspecified atom stereocenters. The van der Waals surface area contributed by atoms with Crippen LogP contribution in [0.2, 0.25) is 0 Å². The third-order valence-corrected chi connectivity index (χ3v) is 29.7. The van der Waals surface area contributed by atoms with Crippen LogP contribution >= 0.6 is 0 Å². The number of rotatable bonds is 78. The van der Waals surface area contributed by atoms with Crippen molar-refractivity contribution in [3.8, 4) is 0 Å². The first-order valence-electron chi connectivity index (χ1n) is 58.7. The number of carbonyl (C=O) groups is 2. The highest BCUT2D eigenvalue weighted by Gasteiger charge is 2.17. The van der Waals surface area contributed by atoms with E-state index in [0.29, 0.717) is 12.8 Å². The molecule has 9 N–H and O–H groups in total. The van der Waals surface area contributed by atoms with Crippen LogP contribution in [0.25, 0.3) is 53.9 Å². The Hall–Kier alpha value is -9.00. The number of nitrogen functional groups attached to an aromatic ring is 2. The molecule has 0 heterocycles. The van der Waals surface area contributed by atoms with Gasteiger partial charge >= 0.3 is 0 Å². The van der Waals surface area contributed by atoms with Crippen LogP contribution in [-0.4, -0.2) is 81.3 Å². The third-order valence-electron chi connectivity index (χ3n) is 29.7. The highest BCUT2D eigenvalue weighted by molar-refractivity contribution is 6.06. The number of nitrogens with zero attached hydrogens (tertiary/aromatic N) is 3. The number of hydrogen-bond donors (Lipinski definition) is 7. The van der Waals surface area contributed by atoms with Crippen LogP contribution in [0, 0.1) is 0 Å². The lowest BCUT2D eigenvalue weighted by Crippen LogP contribution is -3.03. The van der Waals surface area contributed by atoms with E-state index in [1.165, 1.54) is 484 Å². The number of quaternary nitrogens is 1. The van der Waals surface area contributed by atoms with Crippen molar-refractivity contribution in [1.29, 1.82) is 0 Å². The van der Waals surface area contributed by atoms with Crippen LogP contribution in [-0.2, 0) is 9.59 Å². The summed E-state index contributed by atoms with van der Waals surface area (Å²) in [5.41, 5.74) is 22.5. The van der Waals surface area contributed by atoms with Gasteiger partial charge in [0.2, 0.25) is 12.8 Å². The van der Waals surface area contributed by atoms with Gasteiger partial charge in [0.1, 0.15) is 5.69 Å². The molecule has 2 amide bonds. The van der Waals surface area contributed by atoms with E-state index in [1.54, 1.807) is 17.0 Å². The van der Waals surface area contributed by atoms with Crippen LogP contribution in [0.15, 0.2) is 182 Å². The fourth-order valence-electron chi connectivity index (χ4n) is 20.9. The number of anilines is 9. The molecule has 0 aromatic heterocycles. The summed E-state index contributed by atoms with van der Waals surface area (Å²) in [4.78, 5) is 30.0. The maximum atomic E-state index is 10.4. The van der Waals surface area contributed by atoms with E-state index >= 15 is 0 Å². The van der Waals surface area contributed by atoms with Crippen LogP contribution < -0.4 is 52.3 Å². The largest absolute Gasteiger partial charge is 0.398 e. The third kappa shape index (κ3) is 50.7. The van der Waals surface area contributed by atoms with Gasteiger partial charge in [-0.25, -0.2) is 0 Å². The quantitative estimate of drug-likeness (QED) is 0.0112. The Kier molecular flexibility index (Phi) is 69.6. The summed E-state index contributed by atoms with van der Waals surface area (Å²) in [5, 5.41) is 23.6. The first kappa shape index (κ1) is 122. The highest BCUT2D eigenvalue weighted by atomic mass is 16.1. The second-order valence-electron chi connectivity index (χ2n) is 41.6. The Morgan fingerprint density at radius 1 is 0.225 bits per heavy atom. The summed E-state index contributed by atoms with van der Waals surface area (Å²) in [6, 6.07) is 63.0. The molecule has 0 saturated heterocycles.